The van der Waals surface area contributed by atoms with E-state index in [-0.39, 0.29) is 0 Å². The molecule has 1 rings (SSSR count). The van der Waals surface area contributed by atoms with Gasteiger partial charge in [-0.3, -0.25) is 0 Å². The molecule has 0 amide bonds. The van der Waals surface area contributed by atoms with Crippen LogP contribution in [0.2, 0.25) is 3.72 Å². The summed E-state index contributed by atoms with van der Waals surface area (Å²) in [6, 6.07) is 0. The molecule has 1 aliphatic carbocycles. The van der Waals surface area contributed by atoms with E-state index in [9.17, 15) is 15.3 Å². The molecule has 0 atom stereocenters. The summed E-state index contributed by atoms with van der Waals surface area (Å²) in [4.78, 5) is 0. The van der Waals surface area contributed by atoms with Crippen molar-refractivity contribution in [2.24, 2.45) is 0 Å². The van der Waals surface area contributed by atoms with Gasteiger partial charge in [0.1, 0.15) is 0 Å². The fourth-order valence-corrected chi connectivity index (χ4v) is 2.60. The Balaban J connectivity index is -0.000000304. The van der Waals surface area contributed by atoms with E-state index in [2.05, 4.69) is 55.1 Å². The zero-order valence-corrected chi connectivity index (χ0v) is 19.2. The Hall–Kier alpha value is 0.0743. The van der Waals surface area contributed by atoms with E-state index < -0.39 is 18.3 Å². The molecule has 0 saturated carbocycles. The van der Waals surface area contributed by atoms with Crippen molar-refractivity contribution in [3.8, 4) is 0 Å². The van der Waals surface area contributed by atoms with Crippen LogP contribution in [-0.4, -0.2) is 18.3 Å². The van der Waals surface area contributed by atoms with Gasteiger partial charge in [-0.05, 0) is 0 Å². The van der Waals surface area contributed by atoms with Crippen molar-refractivity contribution < 1.29 is 35.8 Å². The monoisotopic (exact) mass is 374 g/mol. The first-order chi connectivity index (χ1) is 10.6. The molecule has 4 heteroatoms. The van der Waals surface area contributed by atoms with Crippen LogP contribution in [0.3, 0.4) is 0 Å². The molecule has 0 aromatic carbocycles. The van der Waals surface area contributed by atoms with Gasteiger partial charge in [0.2, 0.25) is 0 Å². The van der Waals surface area contributed by atoms with Crippen molar-refractivity contribution in [2.75, 3.05) is 0 Å². The summed E-state index contributed by atoms with van der Waals surface area (Å²) < 4.78 is 0.355. The van der Waals surface area contributed by atoms with Gasteiger partial charge in [-0.2, -0.15) is 0 Å². The van der Waals surface area contributed by atoms with Crippen LogP contribution in [0.5, 0.6) is 0 Å². The van der Waals surface area contributed by atoms with E-state index in [1.807, 2.05) is 0 Å². The second-order valence-electron chi connectivity index (χ2n) is 6.91. The van der Waals surface area contributed by atoms with Crippen molar-refractivity contribution in [1.29, 1.82) is 0 Å². The molecule has 0 saturated heterocycles. The Morgan fingerprint density at radius 3 is 0.958 bits per heavy atom. The number of rotatable bonds is 1. The first-order valence-corrected chi connectivity index (χ1v) is 9.51. The SMILES string of the molecule is CC(C)[O-].CC(C)[O-].CC(C)[O-].CC[C]1([Ti+3])C(C)=C(C)C(C)=C1C. The van der Waals surface area contributed by atoms with E-state index in [1.54, 1.807) is 52.7 Å². The maximum absolute atomic E-state index is 9.53. The molecule has 0 heterocycles. The molecule has 3 nitrogen and oxygen atoms in total. The summed E-state index contributed by atoms with van der Waals surface area (Å²) in [6.45, 7) is 21.0. The van der Waals surface area contributed by atoms with Crippen LogP contribution in [0.15, 0.2) is 22.3 Å². The summed E-state index contributed by atoms with van der Waals surface area (Å²) in [7, 11) is 0. The molecule has 0 fully saturated rings. The van der Waals surface area contributed by atoms with Gasteiger partial charge in [-0.25, -0.2) is 0 Å². The van der Waals surface area contributed by atoms with E-state index in [1.165, 1.54) is 17.6 Å². The third-order valence-corrected chi connectivity index (χ3v) is 5.22. The molecule has 0 bridgehead atoms. The Labute approximate surface area is 162 Å². The van der Waals surface area contributed by atoms with Crippen LogP contribution in [0, 0.1) is 0 Å². The fraction of sp³-hybridized carbons (Fsp3) is 0.800. The third-order valence-electron chi connectivity index (χ3n) is 3.50. The maximum atomic E-state index is 9.53. The first-order valence-electron chi connectivity index (χ1n) is 8.73. The van der Waals surface area contributed by atoms with Crippen molar-refractivity contribution in [3.63, 3.8) is 0 Å². The van der Waals surface area contributed by atoms with Gasteiger partial charge in [0.15, 0.2) is 0 Å². The normalized spacial score (nSPS) is 15.8. The minimum atomic E-state index is -0.417. The molecule has 0 unspecified atom stereocenters. The molecule has 0 radical (unpaired) electrons. The molecule has 0 N–H and O–H groups in total. The first kappa shape index (κ1) is 28.9. The zero-order valence-electron chi connectivity index (χ0n) is 17.7. The Morgan fingerprint density at radius 2 is 0.875 bits per heavy atom. The van der Waals surface area contributed by atoms with Gasteiger partial charge < -0.3 is 15.3 Å². The quantitative estimate of drug-likeness (QED) is 0.663. The van der Waals surface area contributed by atoms with Crippen molar-refractivity contribution in [3.05, 3.63) is 22.3 Å². The van der Waals surface area contributed by atoms with Crippen molar-refractivity contribution in [1.82, 2.24) is 0 Å². The number of hydrogen-bond donors (Lipinski definition) is 0. The molecule has 140 valence electrons. The second kappa shape index (κ2) is 14.3. The molecule has 0 spiro atoms. The van der Waals surface area contributed by atoms with E-state index in [4.69, 9.17) is 0 Å². The molecule has 1 aliphatic rings. The Bertz CT molecular complexity index is 347. The summed E-state index contributed by atoms with van der Waals surface area (Å²) in [5, 5.41) is 28.6. The second-order valence-corrected chi connectivity index (χ2v) is 8.24. The van der Waals surface area contributed by atoms with E-state index >= 15 is 0 Å². The molecular weight excluding hydrogens is 336 g/mol. The van der Waals surface area contributed by atoms with Gasteiger partial charge in [-0.15, -0.1) is 18.3 Å². The summed E-state index contributed by atoms with van der Waals surface area (Å²) in [6.07, 6.45) is -0.0284. The number of hydrogen-bond acceptors (Lipinski definition) is 3. The molecule has 0 aromatic rings. The molecule has 0 aromatic heterocycles. The van der Waals surface area contributed by atoms with E-state index in [0.29, 0.717) is 3.72 Å². The summed E-state index contributed by atoms with van der Waals surface area (Å²) in [5.74, 6) is 0. The zero-order chi connectivity index (χ0) is 20.2. The van der Waals surface area contributed by atoms with E-state index in [0.717, 1.165) is 0 Å². The molecular formula is C20H38O3Ti. The predicted molar refractivity (Wildman–Crippen MR) is 95.1 cm³/mol. The van der Waals surface area contributed by atoms with Gasteiger partial charge in [-0.1, -0.05) is 41.5 Å². The Morgan fingerprint density at radius 1 is 0.708 bits per heavy atom. The topological polar surface area (TPSA) is 69.2 Å². The van der Waals surface area contributed by atoms with Crippen LogP contribution in [0.4, 0.5) is 0 Å². The average Bonchev–Trinajstić information content (AvgIpc) is 2.53. The third kappa shape index (κ3) is 13.4. The van der Waals surface area contributed by atoms with Crippen LogP contribution in [-0.2, 0) is 20.4 Å². The van der Waals surface area contributed by atoms with Gasteiger partial charge in [0.05, 0.1) is 0 Å². The van der Waals surface area contributed by atoms with Gasteiger partial charge in [0.25, 0.3) is 0 Å². The van der Waals surface area contributed by atoms with Crippen LogP contribution in [0.25, 0.3) is 0 Å². The summed E-state index contributed by atoms with van der Waals surface area (Å²) in [5.41, 5.74) is 6.16. The average molecular weight is 374 g/mol. The molecule has 24 heavy (non-hydrogen) atoms. The predicted octanol–water partition coefficient (Wildman–Crippen LogP) is 3.05. The van der Waals surface area contributed by atoms with Crippen molar-refractivity contribution in [2.45, 2.75) is 105 Å². The van der Waals surface area contributed by atoms with Crippen LogP contribution >= 0.6 is 0 Å². The summed E-state index contributed by atoms with van der Waals surface area (Å²) >= 11 is 2.36. The van der Waals surface area contributed by atoms with Crippen molar-refractivity contribution >= 4 is 0 Å². The fourth-order valence-electron chi connectivity index (χ4n) is 2.01. The van der Waals surface area contributed by atoms with Crippen LogP contribution < -0.4 is 15.3 Å². The van der Waals surface area contributed by atoms with Gasteiger partial charge in [0, 0.05) is 0 Å². The Kier molecular flexibility index (Phi) is 17.2. The van der Waals surface area contributed by atoms with Crippen LogP contribution in [0.1, 0.15) is 82.6 Å². The minimum absolute atomic E-state index is 0.355. The number of allylic oxidation sites excluding steroid dienone is 4. The standard InChI is InChI=1S/C11H17.3C3H7O.Ti/c1-6-11-9(4)7(2)8(3)10(11)5;3*1-3(2)4;/h6H2,1-5H3;3*3H,1-2H3;/q;3*-1;+3. The van der Waals surface area contributed by atoms with Gasteiger partial charge >= 0.3 is 87.5 Å². The molecule has 0 aliphatic heterocycles.